The highest BCUT2D eigenvalue weighted by molar-refractivity contribution is 6.58. The van der Waals surface area contributed by atoms with Crippen LogP contribution in [0.2, 0.25) is 0 Å². The number of hydrogen-bond donors (Lipinski definition) is 2. The van der Waals surface area contributed by atoms with Gasteiger partial charge in [-0.25, -0.2) is 4.39 Å². The van der Waals surface area contributed by atoms with Crippen LogP contribution >= 0.6 is 0 Å². The monoisotopic (exact) mass is 183 g/mol. The summed E-state index contributed by atoms with van der Waals surface area (Å²) in [6, 6.07) is 3.59. The van der Waals surface area contributed by atoms with Crippen molar-refractivity contribution in [2.45, 2.75) is 6.54 Å². The molecule has 0 aromatic heterocycles. The quantitative estimate of drug-likeness (QED) is 0.502. The van der Waals surface area contributed by atoms with Gasteiger partial charge < -0.3 is 10.0 Å². The van der Waals surface area contributed by atoms with E-state index in [0.29, 0.717) is 0 Å². The Morgan fingerprint density at radius 1 is 1.46 bits per heavy atom. The van der Waals surface area contributed by atoms with Gasteiger partial charge in [0.25, 0.3) is 0 Å². The summed E-state index contributed by atoms with van der Waals surface area (Å²) in [7, 11) is -1.70. The van der Waals surface area contributed by atoms with Crippen LogP contribution in [0.3, 0.4) is 0 Å². The topological polar surface area (TPSA) is 69.9 Å². The third-order valence-corrected chi connectivity index (χ3v) is 1.61. The highest BCUT2D eigenvalue weighted by Gasteiger charge is 2.13. The van der Waals surface area contributed by atoms with Crippen LogP contribution < -0.4 is 5.46 Å². The summed E-state index contributed by atoms with van der Waals surface area (Å²) in [5.41, 5.74) is 0.187. The maximum atomic E-state index is 13.0. The third kappa shape index (κ3) is 2.33. The van der Waals surface area contributed by atoms with E-state index in [1.165, 1.54) is 12.1 Å². The van der Waals surface area contributed by atoms with Crippen molar-refractivity contribution in [2.75, 3.05) is 0 Å². The first-order valence-corrected chi connectivity index (χ1v) is 3.58. The maximum absolute atomic E-state index is 13.0. The molecule has 1 rings (SSSR count). The minimum Gasteiger partial charge on any atom is -0.423 e. The first-order chi connectivity index (χ1) is 6.15. The highest BCUT2D eigenvalue weighted by atomic mass is 19.1. The summed E-state index contributed by atoms with van der Waals surface area (Å²) < 4.78 is 13.0. The van der Waals surface area contributed by atoms with Gasteiger partial charge in [0.05, 0.1) is 0 Å². The van der Waals surface area contributed by atoms with Gasteiger partial charge >= 0.3 is 7.12 Å². The van der Waals surface area contributed by atoms with Crippen LogP contribution in [0.5, 0.6) is 0 Å². The van der Waals surface area contributed by atoms with E-state index < -0.39 is 12.9 Å². The Morgan fingerprint density at radius 2 is 2.15 bits per heavy atom. The van der Waals surface area contributed by atoms with Crippen molar-refractivity contribution in [3.8, 4) is 0 Å². The van der Waals surface area contributed by atoms with Crippen molar-refractivity contribution in [1.29, 1.82) is 0 Å². The lowest BCUT2D eigenvalue weighted by molar-refractivity contribution is 0.425. The van der Waals surface area contributed by atoms with Crippen LogP contribution in [-0.4, -0.2) is 17.2 Å². The lowest BCUT2D eigenvalue weighted by atomic mass is 9.80. The first-order valence-electron chi connectivity index (χ1n) is 3.58. The number of nitrogens with zero attached hydrogens (tertiary/aromatic N) is 1. The lowest BCUT2D eigenvalue weighted by Gasteiger charge is -2.01. The first kappa shape index (κ1) is 9.82. The van der Waals surface area contributed by atoms with Crippen LogP contribution in [0.15, 0.2) is 23.4 Å². The third-order valence-electron chi connectivity index (χ3n) is 1.61. The van der Waals surface area contributed by atoms with Crippen molar-refractivity contribution < 1.29 is 14.4 Å². The van der Waals surface area contributed by atoms with Gasteiger partial charge in [0.2, 0.25) is 0 Å². The predicted octanol–water partition coefficient (Wildman–Crippen LogP) is -0.228. The molecule has 0 spiro atoms. The molecule has 0 atom stereocenters. The maximum Gasteiger partial charge on any atom is 0.488 e. The van der Waals surface area contributed by atoms with Gasteiger partial charge in [0.15, 0.2) is 0 Å². The normalized spacial score (nSPS) is 9.77. The summed E-state index contributed by atoms with van der Waals surface area (Å²) in [5, 5.41) is 19.9. The largest absolute Gasteiger partial charge is 0.488 e. The molecule has 13 heavy (non-hydrogen) atoms. The molecular weight excluding hydrogens is 176 g/mol. The fourth-order valence-corrected chi connectivity index (χ4v) is 0.922. The molecule has 6 heteroatoms. The molecule has 0 heterocycles. The van der Waals surface area contributed by atoms with Crippen molar-refractivity contribution >= 4 is 12.6 Å². The number of rotatable bonds is 3. The van der Waals surface area contributed by atoms with E-state index in [1.54, 1.807) is 0 Å². The molecule has 0 amide bonds. The molecule has 0 saturated carbocycles. The Balaban J connectivity index is 2.98. The van der Waals surface area contributed by atoms with Gasteiger partial charge in [-0.15, -0.1) is 0 Å². The minimum absolute atomic E-state index is 0.0483. The number of benzene rings is 1. The number of halogens is 1. The van der Waals surface area contributed by atoms with Crippen molar-refractivity contribution in [1.82, 2.24) is 0 Å². The van der Waals surface area contributed by atoms with Gasteiger partial charge in [0, 0.05) is 5.56 Å². The van der Waals surface area contributed by atoms with Crippen molar-refractivity contribution in [3.63, 3.8) is 0 Å². The van der Waals surface area contributed by atoms with Gasteiger partial charge in [-0.05, 0) is 11.5 Å². The average molecular weight is 183 g/mol. The van der Waals surface area contributed by atoms with E-state index in [1.807, 2.05) is 0 Å². The Labute approximate surface area is 74.1 Å². The van der Waals surface area contributed by atoms with Gasteiger partial charge in [-0.3, -0.25) is 0 Å². The summed E-state index contributed by atoms with van der Waals surface area (Å²) in [4.78, 5) is 9.83. The molecule has 1 aromatic carbocycles. The van der Waals surface area contributed by atoms with E-state index in [4.69, 9.17) is 10.0 Å². The zero-order valence-electron chi connectivity index (χ0n) is 6.64. The number of hydrogen-bond acceptors (Lipinski definition) is 4. The highest BCUT2D eigenvalue weighted by Crippen LogP contribution is 2.06. The molecule has 0 aliphatic rings. The Kier molecular flexibility index (Phi) is 3.10. The lowest BCUT2D eigenvalue weighted by Crippen LogP contribution is -2.30. The fourth-order valence-electron chi connectivity index (χ4n) is 0.922. The smallest absolute Gasteiger partial charge is 0.423 e. The minimum atomic E-state index is -1.70. The Hall–Kier alpha value is -1.27. The molecule has 0 aliphatic heterocycles. The number of nitroso groups, excluding NO2 is 1. The SMILES string of the molecule is O=NCc1ccc(B(O)O)cc1F. The summed E-state index contributed by atoms with van der Waals surface area (Å²) in [6.07, 6.45) is 0. The van der Waals surface area contributed by atoms with Crippen LogP contribution in [0.25, 0.3) is 0 Å². The van der Waals surface area contributed by atoms with Gasteiger partial charge in [-0.2, -0.15) is 4.91 Å². The molecule has 1 aromatic rings. The van der Waals surface area contributed by atoms with Crippen LogP contribution in [0, 0.1) is 10.7 Å². The van der Waals surface area contributed by atoms with E-state index in [9.17, 15) is 9.30 Å². The second-order valence-electron chi connectivity index (χ2n) is 2.51. The molecule has 0 bridgehead atoms. The molecule has 0 saturated heterocycles. The van der Waals surface area contributed by atoms with E-state index in [0.717, 1.165) is 6.07 Å². The average Bonchev–Trinajstić information content (AvgIpc) is 2.08. The molecular formula is C7H7BFNO3. The summed E-state index contributed by atoms with van der Waals surface area (Å²) >= 11 is 0. The van der Waals surface area contributed by atoms with Gasteiger partial charge in [0.1, 0.15) is 12.4 Å². The molecule has 2 N–H and O–H groups in total. The van der Waals surface area contributed by atoms with E-state index >= 15 is 0 Å². The fraction of sp³-hybridized carbons (Fsp3) is 0.143. The van der Waals surface area contributed by atoms with Crippen LogP contribution in [-0.2, 0) is 6.54 Å². The Bertz CT molecular complexity index is 319. The van der Waals surface area contributed by atoms with Crippen LogP contribution in [0.4, 0.5) is 4.39 Å². The molecule has 0 fully saturated rings. The predicted molar refractivity (Wildman–Crippen MR) is 45.7 cm³/mol. The standard InChI is InChI=1S/C7H7BFNO3/c9-7-3-6(8(11)12)2-1-5(7)4-10-13/h1-3,11-12H,4H2. The van der Waals surface area contributed by atoms with Gasteiger partial charge in [-0.1, -0.05) is 17.3 Å². The zero-order chi connectivity index (χ0) is 9.84. The molecule has 68 valence electrons. The van der Waals surface area contributed by atoms with E-state index in [2.05, 4.69) is 5.18 Å². The Morgan fingerprint density at radius 3 is 2.62 bits per heavy atom. The van der Waals surface area contributed by atoms with Crippen molar-refractivity contribution in [2.24, 2.45) is 5.18 Å². The van der Waals surface area contributed by atoms with Crippen LogP contribution in [0.1, 0.15) is 5.56 Å². The second kappa shape index (κ2) is 4.11. The summed E-state index contributed by atoms with van der Waals surface area (Å²) in [6.45, 7) is -0.256. The molecule has 4 nitrogen and oxygen atoms in total. The molecule has 0 radical (unpaired) electrons. The second-order valence-corrected chi connectivity index (χ2v) is 2.51. The van der Waals surface area contributed by atoms with Crippen molar-refractivity contribution in [3.05, 3.63) is 34.5 Å². The zero-order valence-corrected chi connectivity index (χ0v) is 6.64. The molecule has 0 aliphatic carbocycles. The molecule has 0 unspecified atom stereocenters. The summed E-state index contributed by atoms with van der Waals surface area (Å²) in [5.74, 6) is -0.662. The van der Waals surface area contributed by atoms with E-state index in [-0.39, 0.29) is 17.6 Å².